The molecule has 168 valence electrons. The van der Waals surface area contributed by atoms with Crippen molar-refractivity contribution >= 4 is 11.9 Å². The fourth-order valence-corrected chi connectivity index (χ4v) is 2.95. The molecule has 2 aromatic rings. The molecule has 5 heteroatoms. The number of nitrogens with one attached hydrogen (secondary N) is 1. The molecule has 0 heterocycles. The van der Waals surface area contributed by atoms with Crippen LogP contribution in [0.1, 0.15) is 58.6 Å². The number of hydrogen-bond acceptors (Lipinski definition) is 4. The summed E-state index contributed by atoms with van der Waals surface area (Å²) < 4.78 is 11.4. The molecule has 0 fully saturated rings. The minimum Gasteiger partial charge on any atom is -0.489 e. The highest BCUT2D eigenvalue weighted by atomic mass is 16.6. The van der Waals surface area contributed by atoms with Crippen molar-refractivity contribution in [1.82, 2.24) is 5.32 Å². The molecule has 5 nitrogen and oxygen atoms in total. The largest absolute Gasteiger partial charge is 0.489 e. The van der Waals surface area contributed by atoms with Gasteiger partial charge in [0.05, 0.1) is 0 Å². The zero-order chi connectivity index (χ0) is 22.9. The molecular formula is C26H35NO4. The van der Waals surface area contributed by atoms with Crippen LogP contribution in [0.3, 0.4) is 0 Å². The first-order valence-corrected chi connectivity index (χ1v) is 10.9. The Bertz CT molecular complexity index is 823. The second kappa shape index (κ2) is 11.5. The van der Waals surface area contributed by atoms with Gasteiger partial charge in [0.25, 0.3) is 0 Å². The zero-order valence-electron chi connectivity index (χ0n) is 19.3. The van der Waals surface area contributed by atoms with Crippen molar-refractivity contribution in [3.63, 3.8) is 0 Å². The van der Waals surface area contributed by atoms with E-state index in [0.29, 0.717) is 25.4 Å². The Kier molecular flexibility index (Phi) is 9.10. The van der Waals surface area contributed by atoms with Gasteiger partial charge in [-0.1, -0.05) is 56.3 Å². The van der Waals surface area contributed by atoms with Crippen LogP contribution in [0.5, 0.6) is 5.75 Å². The van der Waals surface area contributed by atoms with E-state index >= 15 is 0 Å². The number of benzene rings is 2. The fourth-order valence-electron chi connectivity index (χ4n) is 2.95. The number of amides is 1. The lowest BCUT2D eigenvalue weighted by Gasteiger charge is -2.25. The number of carbonyl (C=O) groups excluding carboxylic acids is 2. The van der Waals surface area contributed by atoms with Crippen molar-refractivity contribution < 1.29 is 19.1 Å². The Morgan fingerprint density at radius 1 is 0.935 bits per heavy atom. The molecule has 1 N–H and O–H groups in total. The summed E-state index contributed by atoms with van der Waals surface area (Å²) in [6.45, 7) is 10.1. The average Bonchev–Trinajstić information content (AvgIpc) is 2.71. The van der Waals surface area contributed by atoms with Gasteiger partial charge in [-0.05, 0) is 56.4 Å². The standard InChI is InChI=1S/C26H35NO4/c1-19(2)11-16-24(28)27-23(25(29)31-26(3,4)5)17-20-12-14-22(15-13-20)30-18-21-9-7-6-8-10-21/h6-10,12-15,19,23H,11,16-18H2,1-5H3,(H,27,28). The SMILES string of the molecule is CC(C)CCC(=O)NC(Cc1ccc(OCc2ccccc2)cc1)C(=O)OC(C)(C)C. The van der Waals surface area contributed by atoms with Crippen molar-refractivity contribution in [2.24, 2.45) is 5.92 Å². The Labute approximate surface area is 186 Å². The molecule has 0 radical (unpaired) electrons. The van der Waals surface area contributed by atoms with E-state index < -0.39 is 17.6 Å². The van der Waals surface area contributed by atoms with Crippen LogP contribution in [-0.4, -0.2) is 23.5 Å². The molecule has 0 bridgehead atoms. The minimum atomic E-state index is -0.727. The summed E-state index contributed by atoms with van der Waals surface area (Å²) in [6.07, 6.45) is 1.53. The van der Waals surface area contributed by atoms with Gasteiger partial charge < -0.3 is 14.8 Å². The summed E-state index contributed by atoms with van der Waals surface area (Å²) in [5.41, 5.74) is 1.40. The van der Waals surface area contributed by atoms with E-state index in [1.807, 2.05) is 75.4 Å². The first-order chi connectivity index (χ1) is 14.6. The van der Waals surface area contributed by atoms with Gasteiger partial charge in [-0.25, -0.2) is 4.79 Å². The lowest BCUT2D eigenvalue weighted by molar-refractivity contribution is -0.158. The summed E-state index contributed by atoms with van der Waals surface area (Å²) in [6, 6.07) is 16.8. The molecule has 2 aromatic carbocycles. The van der Waals surface area contributed by atoms with E-state index in [2.05, 4.69) is 19.2 Å². The maximum atomic E-state index is 12.7. The van der Waals surface area contributed by atoms with Crippen LogP contribution < -0.4 is 10.1 Å². The van der Waals surface area contributed by atoms with Gasteiger partial charge in [0.2, 0.25) is 5.91 Å². The number of ether oxygens (including phenoxy) is 2. The Morgan fingerprint density at radius 2 is 1.58 bits per heavy atom. The van der Waals surface area contributed by atoms with E-state index in [4.69, 9.17) is 9.47 Å². The average molecular weight is 426 g/mol. The van der Waals surface area contributed by atoms with Crippen LogP contribution >= 0.6 is 0 Å². The maximum absolute atomic E-state index is 12.7. The van der Waals surface area contributed by atoms with Gasteiger partial charge in [-0.15, -0.1) is 0 Å². The lowest BCUT2D eigenvalue weighted by Crippen LogP contribution is -2.45. The predicted octanol–water partition coefficient (Wildman–Crippen LogP) is 5.07. The van der Waals surface area contributed by atoms with Crippen molar-refractivity contribution in [2.75, 3.05) is 0 Å². The molecule has 2 rings (SSSR count). The molecule has 0 saturated carbocycles. The van der Waals surface area contributed by atoms with Crippen LogP contribution in [0.2, 0.25) is 0 Å². The van der Waals surface area contributed by atoms with Crippen molar-refractivity contribution in [1.29, 1.82) is 0 Å². The molecule has 0 spiro atoms. The first-order valence-electron chi connectivity index (χ1n) is 10.9. The molecular weight excluding hydrogens is 390 g/mol. The van der Waals surface area contributed by atoms with Crippen LogP contribution in [0.15, 0.2) is 54.6 Å². The summed E-state index contributed by atoms with van der Waals surface area (Å²) >= 11 is 0. The number of carbonyl (C=O) groups is 2. The highest BCUT2D eigenvalue weighted by Crippen LogP contribution is 2.17. The summed E-state index contributed by atoms with van der Waals surface area (Å²) in [4.78, 5) is 25.1. The molecule has 1 unspecified atom stereocenters. The highest BCUT2D eigenvalue weighted by molar-refractivity contribution is 5.84. The van der Waals surface area contributed by atoms with E-state index in [1.54, 1.807) is 0 Å². The van der Waals surface area contributed by atoms with Gasteiger partial charge in [-0.3, -0.25) is 4.79 Å². The van der Waals surface area contributed by atoms with E-state index in [1.165, 1.54) is 0 Å². The maximum Gasteiger partial charge on any atom is 0.329 e. The Hall–Kier alpha value is -2.82. The molecule has 31 heavy (non-hydrogen) atoms. The van der Waals surface area contributed by atoms with Gasteiger partial charge in [0.15, 0.2) is 0 Å². The predicted molar refractivity (Wildman–Crippen MR) is 123 cm³/mol. The normalized spacial score (nSPS) is 12.3. The van der Waals surface area contributed by atoms with Gasteiger partial charge >= 0.3 is 5.97 Å². The Morgan fingerprint density at radius 3 is 2.16 bits per heavy atom. The fraction of sp³-hybridized carbons (Fsp3) is 0.462. The third kappa shape index (κ3) is 9.69. The summed E-state index contributed by atoms with van der Waals surface area (Å²) in [7, 11) is 0. The van der Waals surface area contributed by atoms with Gasteiger partial charge in [0, 0.05) is 12.8 Å². The third-order valence-corrected chi connectivity index (χ3v) is 4.59. The number of esters is 1. The molecule has 1 amide bonds. The van der Waals surface area contributed by atoms with Crippen LogP contribution in [0, 0.1) is 5.92 Å². The minimum absolute atomic E-state index is 0.132. The van der Waals surface area contributed by atoms with Crippen LogP contribution in [0.4, 0.5) is 0 Å². The third-order valence-electron chi connectivity index (χ3n) is 4.59. The van der Waals surface area contributed by atoms with Crippen LogP contribution in [0.25, 0.3) is 0 Å². The monoisotopic (exact) mass is 425 g/mol. The van der Waals surface area contributed by atoms with E-state index in [-0.39, 0.29) is 5.91 Å². The molecule has 0 aliphatic carbocycles. The van der Waals surface area contributed by atoms with Gasteiger partial charge in [0.1, 0.15) is 24.0 Å². The quantitative estimate of drug-likeness (QED) is 0.540. The second-order valence-corrected chi connectivity index (χ2v) is 9.21. The van der Waals surface area contributed by atoms with E-state index in [9.17, 15) is 9.59 Å². The topological polar surface area (TPSA) is 64.6 Å². The van der Waals surface area contributed by atoms with Gasteiger partial charge in [-0.2, -0.15) is 0 Å². The first kappa shape index (κ1) is 24.4. The van der Waals surface area contributed by atoms with E-state index in [0.717, 1.165) is 23.3 Å². The highest BCUT2D eigenvalue weighted by Gasteiger charge is 2.27. The summed E-state index contributed by atoms with van der Waals surface area (Å²) in [5, 5.41) is 2.86. The number of rotatable bonds is 10. The van der Waals surface area contributed by atoms with Crippen molar-refractivity contribution in [2.45, 2.75) is 72.1 Å². The molecule has 0 aliphatic heterocycles. The Balaban J connectivity index is 2.00. The molecule has 0 aliphatic rings. The zero-order valence-corrected chi connectivity index (χ0v) is 19.3. The number of hydrogen-bond donors (Lipinski definition) is 1. The lowest BCUT2D eigenvalue weighted by atomic mass is 10.0. The van der Waals surface area contributed by atoms with Crippen molar-refractivity contribution in [3.05, 3.63) is 65.7 Å². The molecule has 0 aromatic heterocycles. The smallest absolute Gasteiger partial charge is 0.329 e. The summed E-state index contributed by atoms with van der Waals surface area (Å²) in [5.74, 6) is 0.624. The second-order valence-electron chi connectivity index (χ2n) is 9.21. The molecule has 1 atom stereocenters. The molecule has 0 saturated heterocycles. The van der Waals surface area contributed by atoms with Crippen LogP contribution in [-0.2, 0) is 27.4 Å². The van der Waals surface area contributed by atoms with Crippen molar-refractivity contribution in [3.8, 4) is 5.75 Å².